The molecule has 0 aromatic heterocycles. The summed E-state index contributed by atoms with van der Waals surface area (Å²) in [7, 11) is 0. The second kappa shape index (κ2) is 7.26. The van der Waals surface area contributed by atoms with Crippen LogP contribution in [0, 0.1) is 5.82 Å². The quantitative estimate of drug-likeness (QED) is 0.927. The SMILES string of the molecule is Cl.NCC1CN(Cc2cc(Cl)ccc2F)CCO1. The highest BCUT2D eigenvalue weighted by Crippen LogP contribution is 2.17. The summed E-state index contributed by atoms with van der Waals surface area (Å²) in [6, 6.07) is 4.63. The number of hydrogen-bond donors (Lipinski definition) is 1. The lowest BCUT2D eigenvalue weighted by Crippen LogP contribution is -2.45. The molecule has 1 saturated heterocycles. The molecule has 1 heterocycles. The van der Waals surface area contributed by atoms with Gasteiger partial charge in [-0.2, -0.15) is 0 Å². The van der Waals surface area contributed by atoms with E-state index >= 15 is 0 Å². The van der Waals surface area contributed by atoms with Gasteiger partial charge in [-0.3, -0.25) is 4.90 Å². The predicted octanol–water partition coefficient (Wildman–Crippen LogP) is 2.06. The maximum Gasteiger partial charge on any atom is 0.127 e. The van der Waals surface area contributed by atoms with Crippen molar-refractivity contribution in [3.8, 4) is 0 Å². The molecule has 0 aliphatic carbocycles. The van der Waals surface area contributed by atoms with Gasteiger partial charge in [-0.25, -0.2) is 4.39 Å². The van der Waals surface area contributed by atoms with Gasteiger partial charge in [-0.1, -0.05) is 11.6 Å². The van der Waals surface area contributed by atoms with Gasteiger partial charge in [0, 0.05) is 36.8 Å². The molecular formula is C12H17Cl2FN2O. The van der Waals surface area contributed by atoms with E-state index in [0.717, 1.165) is 13.1 Å². The van der Waals surface area contributed by atoms with Crippen LogP contribution in [0.15, 0.2) is 18.2 Å². The lowest BCUT2D eigenvalue weighted by Gasteiger charge is -2.32. The number of morpholine rings is 1. The van der Waals surface area contributed by atoms with Gasteiger partial charge in [0.25, 0.3) is 0 Å². The summed E-state index contributed by atoms with van der Waals surface area (Å²) in [5, 5.41) is 0.560. The molecule has 0 saturated carbocycles. The van der Waals surface area contributed by atoms with E-state index < -0.39 is 0 Å². The van der Waals surface area contributed by atoms with Crippen molar-refractivity contribution in [3.05, 3.63) is 34.6 Å². The number of benzene rings is 1. The van der Waals surface area contributed by atoms with Crippen molar-refractivity contribution in [2.75, 3.05) is 26.2 Å². The van der Waals surface area contributed by atoms with Gasteiger partial charge < -0.3 is 10.5 Å². The lowest BCUT2D eigenvalue weighted by atomic mass is 10.1. The van der Waals surface area contributed by atoms with Gasteiger partial charge in [0.2, 0.25) is 0 Å². The third kappa shape index (κ3) is 4.07. The maximum atomic E-state index is 13.6. The average molecular weight is 295 g/mol. The second-order valence-electron chi connectivity index (χ2n) is 4.20. The summed E-state index contributed by atoms with van der Waals surface area (Å²) in [4.78, 5) is 2.13. The van der Waals surface area contributed by atoms with Crippen LogP contribution in [0.2, 0.25) is 5.02 Å². The third-order valence-corrected chi connectivity index (χ3v) is 3.12. The Kier molecular flexibility index (Phi) is 6.32. The molecule has 1 fully saturated rings. The summed E-state index contributed by atoms with van der Waals surface area (Å²) < 4.78 is 19.0. The standard InChI is InChI=1S/C12H16ClFN2O.ClH/c13-10-1-2-12(14)9(5-10)7-16-3-4-17-11(6-15)8-16;/h1-2,5,11H,3-4,6-8,15H2;1H. The first-order valence-corrected chi connectivity index (χ1v) is 6.05. The smallest absolute Gasteiger partial charge is 0.127 e. The van der Waals surface area contributed by atoms with Crippen LogP contribution in [0.5, 0.6) is 0 Å². The number of nitrogens with two attached hydrogens (primary N) is 1. The van der Waals surface area contributed by atoms with E-state index in [1.165, 1.54) is 6.07 Å². The van der Waals surface area contributed by atoms with Crippen molar-refractivity contribution in [1.82, 2.24) is 4.90 Å². The molecule has 3 nitrogen and oxygen atoms in total. The zero-order valence-electron chi connectivity index (χ0n) is 9.94. The van der Waals surface area contributed by atoms with Crippen molar-refractivity contribution < 1.29 is 9.13 Å². The van der Waals surface area contributed by atoms with E-state index in [4.69, 9.17) is 22.1 Å². The van der Waals surface area contributed by atoms with Gasteiger partial charge in [0.05, 0.1) is 12.7 Å². The molecular weight excluding hydrogens is 278 g/mol. The summed E-state index contributed by atoms with van der Waals surface area (Å²) in [5.41, 5.74) is 6.19. The Hall–Kier alpha value is -0.390. The van der Waals surface area contributed by atoms with Gasteiger partial charge >= 0.3 is 0 Å². The first-order chi connectivity index (χ1) is 8.19. The minimum absolute atomic E-state index is 0. The third-order valence-electron chi connectivity index (χ3n) is 2.89. The fourth-order valence-corrected chi connectivity index (χ4v) is 2.17. The van der Waals surface area contributed by atoms with Crippen molar-refractivity contribution in [2.45, 2.75) is 12.6 Å². The number of nitrogens with zero attached hydrogens (tertiary/aromatic N) is 1. The minimum atomic E-state index is -0.217. The van der Waals surface area contributed by atoms with E-state index in [-0.39, 0.29) is 24.3 Å². The first kappa shape index (κ1) is 15.7. The Bertz CT molecular complexity index is 392. The molecule has 2 N–H and O–H groups in total. The zero-order valence-corrected chi connectivity index (χ0v) is 11.5. The van der Waals surface area contributed by atoms with Gasteiger partial charge in [0.1, 0.15) is 5.82 Å². The second-order valence-corrected chi connectivity index (χ2v) is 4.64. The lowest BCUT2D eigenvalue weighted by molar-refractivity contribution is -0.0263. The van der Waals surface area contributed by atoms with Crippen molar-refractivity contribution in [1.29, 1.82) is 0 Å². The highest BCUT2D eigenvalue weighted by Gasteiger charge is 2.20. The molecule has 0 bridgehead atoms. The molecule has 18 heavy (non-hydrogen) atoms. The Morgan fingerprint density at radius 3 is 3.00 bits per heavy atom. The molecule has 102 valence electrons. The van der Waals surface area contributed by atoms with Crippen LogP contribution >= 0.6 is 24.0 Å². The Morgan fingerprint density at radius 1 is 1.50 bits per heavy atom. The van der Waals surface area contributed by atoms with Crippen LogP contribution in [0.4, 0.5) is 4.39 Å². The maximum absolute atomic E-state index is 13.6. The fraction of sp³-hybridized carbons (Fsp3) is 0.500. The summed E-state index contributed by atoms with van der Waals surface area (Å²) in [5.74, 6) is -0.217. The minimum Gasteiger partial charge on any atom is -0.374 e. The van der Waals surface area contributed by atoms with Gasteiger partial charge in [-0.15, -0.1) is 12.4 Å². The van der Waals surface area contributed by atoms with E-state index in [1.54, 1.807) is 12.1 Å². The van der Waals surface area contributed by atoms with Crippen LogP contribution in [0.25, 0.3) is 0 Å². The van der Waals surface area contributed by atoms with Crippen LogP contribution in [0.1, 0.15) is 5.56 Å². The summed E-state index contributed by atoms with van der Waals surface area (Å²) in [6.45, 7) is 3.22. The van der Waals surface area contributed by atoms with Crippen LogP contribution in [-0.4, -0.2) is 37.2 Å². The molecule has 1 atom stereocenters. The van der Waals surface area contributed by atoms with E-state index in [9.17, 15) is 4.39 Å². The number of rotatable bonds is 3. The first-order valence-electron chi connectivity index (χ1n) is 5.67. The van der Waals surface area contributed by atoms with E-state index in [2.05, 4.69) is 4.90 Å². The van der Waals surface area contributed by atoms with E-state index in [0.29, 0.717) is 30.3 Å². The van der Waals surface area contributed by atoms with Crippen LogP contribution in [0.3, 0.4) is 0 Å². The molecule has 1 aromatic carbocycles. The summed E-state index contributed by atoms with van der Waals surface area (Å²) in [6.07, 6.45) is 0.0472. The normalized spacial score (nSPS) is 20.5. The molecule has 0 radical (unpaired) electrons. The molecule has 6 heteroatoms. The molecule has 1 aromatic rings. The Balaban J connectivity index is 0.00000162. The Morgan fingerprint density at radius 2 is 2.28 bits per heavy atom. The summed E-state index contributed by atoms with van der Waals surface area (Å²) >= 11 is 5.86. The average Bonchev–Trinajstić information content (AvgIpc) is 2.34. The van der Waals surface area contributed by atoms with Crippen molar-refractivity contribution in [2.24, 2.45) is 5.73 Å². The molecule has 0 spiro atoms. The number of halogens is 3. The Labute approximate surface area is 117 Å². The fourth-order valence-electron chi connectivity index (χ4n) is 1.97. The van der Waals surface area contributed by atoms with Gasteiger partial charge in [-0.05, 0) is 18.2 Å². The highest BCUT2D eigenvalue weighted by molar-refractivity contribution is 6.30. The number of ether oxygens (including phenoxy) is 1. The highest BCUT2D eigenvalue weighted by atomic mass is 35.5. The van der Waals surface area contributed by atoms with Crippen LogP contribution < -0.4 is 5.73 Å². The van der Waals surface area contributed by atoms with Gasteiger partial charge in [0.15, 0.2) is 0 Å². The van der Waals surface area contributed by atoms with Crippen molar-refractivity contribution >= 4 is 24.0 Å². The van der Waals surface area contributed by atoms with Crippen LogP contribution in [-0.2, 0) is 11.3 Å². The largest absolute Gasteiger partial charge is 0.374 e. The zero-order chi connectivity index (χ0) is 12.3. The molecule has 1 unspecified atom stereocenters. The topological polar surface area (TPSA) is 38.5 Å². The number of hydrogen-bond acceptors (Lipinski definition) is 3. The molecule has 0 amide bonds. The van der Waals surface area contributed by atoms with Crippen molar-refractivity contribution in [3.63, 3.8) is 0 Å². The molecule has 1 aliphatic rings. The predicted molar refractivity (Wildman–Crippen MR) is 72.7 cm³/mol. The molecule has 1 aliphatic heterocycles. The molecule has 2 rings (SSSR count). The van der Waals surface area contributed by atoms with E-state index in [1.807, 2.05) is 0 Å². The monoisotopic (exact) mass is 294 g/mol.